The molecule has 4 nitrogen and oxygen atoms in total. The second-order valence-electron chi connectivity index (χ2n) is 5.03. The molecular formula is C15H17NO3. The first-order valence-electron chi connectivity index (χ1n) is 6.65. The van der Waals surface area contributed by atoms with Gasteiger partial charge in [0.2, 0.25) is 0 Å². The monoisotopic (exact) mass is 259 g/mol. The highest BCUT2D eigenvalue weighted by Gasteiger charge is 2.18. The third-order valence-corrected chi connectivity index (χ3v) is 3.64. The van der Waals surface area contributed by atoms with Crippen LogP contribution in [-0.2, 0) is 17.6 Å². The second-order valence-corrected chi connectivity index (χ2v) is 5.03. The minimum Gasteiger partial charge on any atom is -0.481 e. The van der Waals surface area contributed by atoms with E-state index in [9.17, 15) is 4.79 Å². The van der Waals surface area contributed by atoms with Gasteiger partial charge in [0, 0.05) is 17.4 Å². The van der Waals surface area contributed by atoms with Gasteiger partial charge in [0.15, 0.2) is 6.10 Å². The number of primary amides is 1. The summed E-state index contributed by atoms with van der Waals surface area (Å²) in [5, 5.41) is 1.10. The molecular weight excluding hydrogens is 242 g/mol. The minimum atomic E-state index is -0.625. The molecule has 0 aliphatic heterocycles. The van der Waals surface area contributed by atoms with Crippen LogP contribution in [0.25, 0.3) is 11.0 Å². The molecule has 1 atom stereocenters. The van der Waals surface area contributed by atoms with Gasteiger partial charge in [-0.25, -0.2) is 0 Å². The van der Waals surface area contributed by atoms with E-state index < -0.39 is 12.0 Å². The molecule has 0 fully saturated rings. The molecule has 1 aliphatic rings. The lowest BCUT2D eigenvalue weighted by Gasteiger charge is -2.11. The van der Waals surface area contributed by atoms with Crippen LogP contribution in [0.1, 0.15) is 31.1 Å². The van der Waals surface area contributed by atoms with Crippen LogP contribution in [0.2, 0.25) is 0 Å². The molecule has 2 N–H and O–H groups in total. The Labute approximate surface area is 111 Å². The maximum absolute atomic E-state index is 11.0. The Morgan fingerprint density at radius 3 is 2.95 bits per heavy atom. The molecule has 4 heteroatoms. The molecule has 1 aliphatic carbocycles. The number of aryl methyl sites for hydroxylation is 2. The molecule has 0 bridgehead atoms. The van der Waals surface area contributed by atoms with Crippen molar-refractivity contribution in [2.45, 2.75) is 38.7 Å². The molecule has 1 unspecified atom stereocenters. The third-order valence-electron chi connectivity index (χ3n) is 3.64. The summed E-state index contributed by atoms with van der Waals surface area (Å²) in [5.74, 6) is 1.30. The average molecular weight is 259 g/mol. The number of ether oxygens (including phenoxy) is 1. The normalized spacial score (nSPS) is 16.1. The zero-order chi connectivity index (χ0) is 13.4. The molecule has 100 valence electrons. The van der Waals surface area contributed by atoms with E-state index in [-0.39, 0.29) is 0 Å². The lowest BCUT2D eigenvalue weighted by molar-refractivity contribution is -0.123. The summed E-state index contributed by atoms with van der Waals surface area (Å²) < 4.78 is 11.4. The molecule has 1 aromatic heterocycles. The van der Waals surface area contributed by atoms with Crippen LogP contribution in [0.15, 0.2) is 22.6 Å². The topological polar surface area (TPSA) is 65.5 Å². The van der Waals surface area contributed by atoms with Crippen molar-refractivity contribution < 1.29 is 13.9 Å². The van der Waals surface area contributed by atoms with E-state index in [1.54, 1.807) is 6.92 Å². The van der Waals surface area contributed by atoms with E-state index in [0.29, 0.717) is 5.75 Å². The Bertz CT molecular complexity index is 630. The van der Waals surface area contributed by atoms with E-state index in [2.05, 4.69) is 0 Å². The molecule has 1 aromatic carbocycles. The highest BCUT2D eigenvalue weighted by Crippen LogP contribution is 2.34. The van der Waals surface area contributed by atoms with Crippen LogP contribution in [0, 0.1) is 0 Å². The van der Waals surface area contributed by atoms with Crippen molar-refractivity contribution in [3.05, 3.63) is 29.5 Å². The predicted molar refractivity (Wildman–Crippen MR) is 72.1 cm³/mol. The maximum atomic E-state index is 11.0. The van der Waals surface area contributed by atoms with Crippen molar-refractivity contribution in [2.24, 2.45) is 5.73 Å². The Hall–Kier alpha value is -1.97. The minimum absolute atomic E-state index is 0.464. The van der Waals surface area contributed by atoms with E-state index in [0.717, 1.165) is 29.6 Å². The van der Waals surface area contributed by atoms with Gasteiger partial charge in [0.05, 0.1) is 0 Å². The fourth-order valence-corrected chi connectivity index (χ4v) is 2.58. The van der Waals surface area contributed by atoms with Crippen molar-refractivity contribution in [1.82, 2.24) is 0 Å². The van der Waals surface area contributed by atoms with Crippen molar-refractivity contribution in [3.8, 4) is 5.75 Å². The SMILES string of the molecule is CC(Oc1ccc2oc3c(c2c1)CCCC3)C(N)=O. The average Bonchev–Trinajstić information content (AvgIpc) is 2.76. The first kappa shape index (κ1) is 12.1. The number of hydrogen-bond donors (Lipinski definition) is 1. The quantitative estimate of drug-likeness (QED) is 0.921. The summed E-state index contributed by atoms with van der Waals surface area (Å²) in [7, 11) is 0. The predicted octanol–water partition coefficient (Wildman–Crippen LogP) is 2.56. The van der Waals surface area contributed by atoms with Gasteiger partial charge in [-0.15, -0.1) is 0 Å². The van der Waals surface area contributed by atoms with Crippen LogP contribution in [0.3, 0.4) is 0 Å². The number of amides is 1. The largest absolute Gasteiger partial charge is 0.481 e. The highest BCUT2D eigenvalue weighted by atomic mass is 16.5. The number of benzene rings is 1. The zero-order valence-electron chi connectivity index (χ0n) is 10.9. The first-order valence-corrected chi connectivity index (χ1v) is 6.65. The molecule has 1 heterocycles. The first-order chi connectivity index (χ1) is 9.15. The van der Waals surface area contributed by atoms with Crippen LogP contribution >= 0.6 is 0 Å². The van der Waals surface area contributed by atoms with Crippen LogP contribution in [0.4, 0.5) is 0 Å². The molecule has 19 heavy (non-hydrogen) atoms. The van der Waals surface area contributed by atoms with Crippen molar-refractivity contribution in [2.75, 3.05) is 0 Å². The molecule has 2 aromatic rings. The van der Waals surface area contributed by atoms with Gasteiger partial charge in [-0.05, 0) is 44.4 Å². The third kappa shape index (κ3) is 2.18. The summed E-state index contributed by atoms with van der Waals surface area (Å²) in [6.45, 7) is 1.65. The maximum Gasteiger partial charge on any atom is 0.258 e. The molecule has 3 rings (SSSR count). The summed E-state index contributed by atoms with van der Waals surface area (Å²) in [6.07, 6.45) is 3.83. The number of fused-ring (bicyclic) bond motifs is 3. The smallest absolute Gasteiger partial charge is 0.258 e. The van der Waals surface area contributed by atoms with Crippen molar-refractivity contribution in [1.29, 1.82) is 0 Å². The number of rotatable bonds is 3. The van der Waals surface area contributed by atoms with Crippen LogP contribution in [0.5, 0.6) is 5.75 Å². The van der Waals surface area contributed by atoms with Gasteiger partial charge < -0.3 is 14.9 Å². The molecule has 0 saturated carbocycles. The van der Waals surface area contributed by atoms with Gasteiger partial charge in [0.25, 0.3) is 5.91 Å². The summed E-state index contributed by atoms with van der Waals surface area (Å²) in [6, 6.07) is 5.66. The van der Waals surface area contributed by atoms with Crippen molar-refractivity contribution in [3.63, 3.8) is 0 Å². The Kier molecular flexibility index (Phi) is 2.93. The summed E-state index contributed by atoms with van der Waals surface area (Å²) in [5.41, 5.74) is 7.39. The fraction of sp³-hybridized carbons (Fsp3) is 0.400. The van der Waals surface area contributed by atoms with Gasteiger partial charge in [-0.1, -0.05) is 0 Å². The zero-order valence-corrected chi connectivity index (χ0v) is 10.9. The van der Waals surface area contributed by atoms with Crippen molar-refractivity contribution >= 4 is 16.9 Å². The molecule has 1 amide bonds. The van der Waals surface area contributed by atoms with E-state index in [1.807, 2.05) is 18.2 Å². The second kappa shape index (κ2) is 4.61. The number of carbonyl (C=O) groups is 1. The lowest BCUT2D eigenvalue weighted by atomic mass is 9.96. The van der Waals surface area contributed by atoms with Gasteiger partial charge in [-0.3, -0.25) is 4.79 Å². The Morgan fingerprint density at radius 1 is 1.37 bits per heavy atom. The number of furan rings is 1. The standard InChI is InChI=1S/C15H17NO3/c1-9(15(16)17)18-10-6-7-14-12(8-10)11-4-2-3-5-13(11)19-14/h6-9H,2-5H2,1H3,(H2,16,17). The molecule has 0 spiro atoms. The van der Waals surface area contributed by atoms with Crippen LogP contribution < -0.4 is 10.5 Å². The van der Waals surface area contributed by atoms with E-state index in [4.69, 9.17) is 14.9 Å². The lowest BCUT2D eigenvalue weighted by Crippen LogP contribution is -2.30. The number of hydrogen-bond acceptors (Lipinski definition) is 3. The van der Waals surface area contributed by atoms with Gasteiger partial charge >= 0.3 is 0 Å². The van der Waals surface area contributed by atoms with E-state index >= 15 is 0 Å². The summed E-state index contributed by atoms with van der Waals surface area (Å²) in [4.78, 5) is 11.0. The Morgan fingerprint density at radius 2 is 2.16 bits per heavy atom. The fourth-order valence-electron chi connectivity index (χ4n) is 2.58. The summed E-state index contributed by atoms with van der Waals surface area (Å²) >= 11 is 0. The highest BCUT2D eigenvalue weighted by molar-refractivity contribution is 5.84. The number of nitrogens with two attached hydrogens (primary N) is 1. The van der Waals surface area contributed by atoms with Crippen LogP contribution in [-0.4, -0.2) is 12.0 Å². The number of carbonyl (C=O) groups excluding carboxylic acids is 1. The molecule has 0 radical (unpaired) electrons. The molecule has 0 saturated heterocycles. The Balaban J connectivity index is 1.98. The van der Waals surface area contributed by atoms with E-state index in [1.165, 1.54) is 18.4 Å². The van der Waals surface area contributed by atoms with Gasteiger partial charge in [0.1, 0.15) is 17.1 Å². The van der Waals surface area contributed by atoms with Gasteiger partial charge in [-0.2, -0.15) is 0 Å².